The zero-order valence-corrected chi connectivity index (χ0v) is 10.2. The number of nitrogens with one attached hydrogen (secondary N) is 1. The Bertz CT molecular complexity index is 598. The Kier molecular flexibility index (Phi) is 2.62. The standard InChI is InChI=1S/C12H15N5O/c1-8(16-18)9-6-13-11-10(9)12(15-7-14-11)17-4-2-3-5-17/h6-7,18H,2-5H2,1H3,(H,13,14,15). The molecule has 0 aliphatic carbocycles. The maximum Gasteiger partial charge on any atom is 0.143 e. The lowest BCUT2D eigenvalue weighted by Crippen LogP contribution is -2.19. The van der Waals surface area contributed by atoms with E-state index < -0.39 is 0 Å². The van der Waals surface area contributed by atoms with E-state index in [1.807, 2.05) is 6.20 Å². The molecule has 2 N–H and O–H groups in total. The van der Waals surface area contributed by atoms with Gasteiger partial charge in [-0.15, -0.1) is 0 Å². The maximum absolute atomic E-state index is 8.94. The van der Waals surface area contributed by atoms with E-state index in [0.717, 1.165) is 35.5 Å². The van der Waals surface area contributed by atoms with Gasteiger partial charge < -0.3 is 15.1 Å². The third kappa shape index (κ3) is 1.61. The minimum absolute atomic E-state index is 0.566. The molecule has 2 aromatic heterocycles. The van der Waals surface area contributed by atoms with Crippen molar-refractivity contribution in [1.29, 1.82) is 0 Å². The Labute approximate surface area is 104 Å². The maximum atomic E-state index is 8.94. The highest BCUT2D eigenvalue weighted by molar-refractivity contribution is 6.11. The Morgan fingerprint density at radius 2 is 2.17 bits per heavy atom. The predicted molar refractivity (Wildman–Crippen MR) is 69.3 cm³/mol. The van der Waals surface area contributed by atoms with Gasteiger partial charge in [0, 0.05) is 24.8 Å². The Balaban J connectivity index is 2.21. The fourth-order valence-electron chi connectivity index (χ4n) is 2.45. The highest BCUT2D eigenvalue weighted by Crippen LogP contribution is 2.28. The van der Waals surface area contributed by atoms with Crippen LogP contribution in [0.3, 0.4) is 0 Å². The third-order valence-corrected chi connectivity index (χ3v) is 3.40. The lowest BCUT2D eigenvalue weighted by molar-refractivity contribution is 0.319. The van der Waals surface area contributed by atoms with Crippen LogP contribution in [0.15, 0.2) is 17.7 Å². The van der Waals surface area contributed by atoms with Gasteiger partial charge in [0.1, 0.15) is 17.8 Å². The summed E-state index contributed by atoms with van der Waals surface area (Å²) in [4.78, 5) is 14.0. The summed E-state index contributed by atoms with van der Waals surface area (Å²) in [6.07, 6.45) is 5.77. The summed E-state index contributed by atoms with van der Waals surface area (Å²) in [5.41, 5.74) is 2.20. The van der Waals surface area contributed by atoms with Gasteiger partial charge in [0.05, 0.1) is 11.1 Å². The summed E-state index contributed by atoms with van der Waals surface area (Å²) in [5.74, 6) is 0.928. The number of hydrogen-bond acceptors (Lipinski definition) is 5. The van der Waals surface area contributed by atoms with Crippen molar-refractivity contribution in [1.82, 2.24) is 15.0 Å². The fraction of sp³-hybridized carbons (Fsp3) is 0.417. The first-order valence-electron chi connectivity index (χ1n) is 6.07. The van der Waals surface area contributed by atoms with Gasteiger partial charge in [0.25, 0.3) is 0 Å². The molecule has 18 heavy (non-hydrogen) atoms. The van der Waals surface area contributed by atoms with Crippen LogP contribution >= 0.6 is 0 Å². The molecule has 0 atom stereocenters. The SMILES string of the molecule is CC(=NO)c1c[nH]c2ncnc(N3CCCC3)c12. The molecule has 0 aromatic carbocycles. The molecule has 0 amide bonds. The molecule has 1 saturated heterocycles. The van der Waals surface area contributed by atoms with E-state index in [9.17, 15) is 0 Å². The molecule has 3 heterocycles. The van der Waals surface area contributed by atoms with Crippen molar-refractivity contribution in [2.75, 3.05) is 18.0 Å². The lowest BCUT2D eigenvalue weighted by Gasteiger charge is -2.17. The molecular formula is C12H15N5O. The largest absolute Gasteiger partial charge is 0.411 e. The molecule has 0 bridgehead atoms. The van der Waals surface area contributed by atoms with Crippen LogP contribution in [0, 0.1) is 0 Å². The van der Waals surface area contributed by atoms with Crippen LogP contribution in [0.25, 0.3) is 11.0 Å². The molecule has 1 aliphatic rings. The van der Waals surface area contributed by atoms with Crippen LogP contribution in [-0.2, 0) is 0 Å². The van der Waals surface area contributed by atoms with Crippen LogP contribution in [0.5, 0.6) is 0 Å². The van der Waals surface area contributed by atoms with Gasteiger partial charge in [-0.25, -0.2) is 9.97 Å². The molecule has 1 aliphatic heterocycles. The summed E-state index contributed by atoms with van der Waals surface area (Å²) >= 11 is 0. The first-order valence-corrected chi connectivity index (χ1v) is 6.07. The minimum Gasteiger partial charge on any atom is -0.411 e. The topological polar surface area (TPSA) is 77.4 Å². The second-order valence-electron chi connectivity index (χ2n) is 4.50. The molecule has 6 heteroatoms. The highest BCUT2D eigenvalue weighted by atomic mass is 16.4. The smallest absolute Gasteiger partial charge is 0.143 e. The Morgan fingerprint density at radius 1 is 1.39 bits per heavy atom. The van der Waals surface area contributed by atoms with E-state index >= 15 is 0 Å². The third-order valence-electron chi connectivity index (χ3n) is 3.40. The normalized spacial score (nSPS) is 16.7. The number of nitrogens with zero attached hydrogens (tertiary/aromatic N) is 4. The minimum atomic E-state index is 0.566. The number of H-pyrrole nitrogens is 1. The molecule has 2 aromatic rings. The van der Waals surface area contributed by atoms with Crippen molar-refractivity contribution in [3.63, 3.8) is 0 Å². The van der Waals surface area contributed by atoms with Gasteiger partial charge in [-0.1, -0.05) is 5.16 Å². The van der Waals surface area contributed by atoms with Crippen LogP contribution < -0.4 is 4.90 Å². The number of hydrogen-bond donors (Lipinski definition) is 2. The van der Waals surface area contributed by atoms with E-state index in [-0.39, 0.29) is 0 Å². The van der Waals surface area contributed by atoms with E-state index in [2.05, 4.69) is 25.0 Å². The monoisotopic (exact) mass is 245 g/mol. The fourth-order valence-corrected chi connectivity index (χ4v) is 2.45. The molecule has 1 fully saturated rings. The summed E-state index contributed by atoms with van der Waals surface area (Å²) in [6, 6.07) is 0. The molecule has 0 saturated carbocycles. The highest BCUT2D eigenvalue weighted by Gasteiger charge is 2.20. The number of anilines is 1. The van der Waals surface area contributed by atoms with E-state index in [4.69, 9.17) is 5.21 Å². The molecule has 6 nitrogen and oxygen atoms in total. The summed E-state index contributed by atoms with van der Waals surface area (Å²) < 4.78 is 0. The van der Waals surface area contributed by atoms with Gasteiger partial charge >= 0.3 is 0 Å². The van der Waals surface area contributed by atoms with Gasteiger partial charge in [0.15, 0.2) is 0 Å². The first kappa shape index (κ1) is 11.0. The number of fused-ring (bicyclic) bond motifs is 1. The second kappa shape index (κ2) is 4.29. The van der Waals surface area contributed by atoms with Crippen LogP contribution in [0.1, 0.15) is 25.3 Å². The number of aromatic nitrogens is 3. The van der Waals surface area contributed by atoms with E-state index in [0.29, 0.717) is 5.71 Å². The van der Waals surface area contributed by atoms with Gasteiger partial charge in [-0.05, 0) is 19.8 Å². The van der Waals surface area contributed by atoms with Crippen molar-refractivity contribution in [2.24, 2.45) is 5.16 Å². The lowest BCUT2D eigenvalue weighted by atomic mass is 10.1. The van der Waals surface area contributed by atoms with E-state index in [1.54, 1.807) is 13.3 Å². The van der Waals surface area contributed by atoms with Crippen molar-refractivity contribution in [2.45, 2.75) is 19.8 Å². The summed E-state index contributed by atoms with van der Waals surface area (Å²) in [7, 11) is 0. The average molecular weight is 245 g/mol. The molecule has 0 spiro atoms. The molecule has 0 radical (unpaired) electrons. The molecule has 3 rings (SSSR count). The summed E-state index contributed by atoms with van der Waals surface area (Å²) in [5, 5.41) is 13.2. The number of rotatable bonds is 2. The first-order chi connectivity index (χ1) is 8.81. The van der Waals surface area contributed by atoms with Crippen LogP contribution in [0.2, 0.25) is 0 Å². The van der Waals surface area contributed by atoms with Crippen LogP contribution in [-0.4, -0.2) is 39.0 Å². The van der Waals surface area contributed by atoms with Crippen molar-refractivity contribution < 1.29 is 5.21 Å². The van der Waals surface area contributed by atoms with Gasteiger partial charge in [-0.2, -0.15) is 0 Å². The van der Waals surface area contributed by atoms with Crippen LogP contribution in [0.4, 0.5) is 5.82 Å². The van der Waals surface area contributed by atoms with Crippen molar-refractivity contribution in [3.8, 4) is 0 Å². The Hall–Kier alpha value is -2.11. The summed E-state index contributed by atoms with van der Waals surface area (Å²) in [6.45, 7) is 3.81. The Morgan fingerprint density at radius 3 is 2.89 bits per heavy atom. The quantitative estimate of drug-likeness (QED) is 0.480. The molecule has 0 unspecified atom stereocenters. The molecule has 94 valence electrons. The van der Waals surface area contributed by atoms with Gasteiger partial charge in [-0.3, -0.25) is 0 Å². The predicted octanol–water partition coefficient (Wildman–Crippen LogP) is 1.76. The zero-order valence-electron chi connectivity index (χ0n) is 10.2. The zero-order chi connectivity index (χ0) is 12.5. The van der Waals surface area contributed by atoms with Crippen molar-refractivity contribution in [3.05, 3.63) is 18.1 Å². The van der Waals surface area contributed by atoms with E-state index in [1.165, 1.54) is 12.8 Å². The van der Waals surface area contributed by atoms with Crippen molar-refractivity contribution >= 4 is 22.6 Å². The second-order valence-corrected chi connectivity index (χ2v) is 4.50. The number of aromatic amines is 1. The van der Waals surface area contributed by atoms with Gasteiger partial charge in [0.2, 0.25) is 0 Å². The molecular weight excluding hydrogens is 230 g/mol. The average Bonchev–Trinajstić information content (AvgIpc) is 3.06. The number of oxime groups is 1.